The van der Waals surface area contributed by atoms with E-state index in [0.29, 0.717) is 27.5 Å². The Labute approximate surface area is 215 Å². The van der Waals surface area contributed by atoms with Crippen LogP contribution >= 0.6 is 11.6 Å². The second-order valence-electron chi connectivity index (χ2n) is 9.78. The maximum Gasteiger partial charge on any atom is 0.300 e. The van der Waals surface area contributed by atoms with Gasteiger partial charge in [0.05, 0.1) is 11.6 Å². The molecule has 0 aliphatic carbocycles. The maximum atomic E-state index is 13.4. The Morgan fingerprint density at radius 1 is 0.972 bits per heavy atom. The average Bonchev–Trinajstić information content (AvgIpc) is 3.09. The molecule has 1 aliphatic heterocycles. The van der Waals surface area contributed by atoms with Gasteiger partial charge in [0.1, 0.15) is 5.76 Å². The molecule has 36 heavy (non-hydrogen) atoms. The predicted molar refractivity (Wildman–Crippen MR) is 142 cm³/mol. The van der Waals surface area contributed by atoms with Crippen LogP contribution in [0.2, 0.25) is 5.02 Å². The number of aliphatic hydroxyl groups excluding tert-OH is 1. The molecular formula is C29H27ClN2O4. The number of ketones is 1. The van der Waals surface area contributed by atoms with E-state index in [1.165, 1.54) is 11.8 Å². The molecule has 184 valence electrons. The normalized spacial score (nSPS) is 17.4. The molecule has 1 atom stereocenters. The number of carbonyl (C=O) groups is 3. The van der Waals surface area contributed by atoms with Crippen molar-refractivity contribution in [2.24, 2.45) is 0 Å². The molecule has 3 aromatic rings. The number of hydrogen-bond acceptors (Lipinski definition) is 4. The van der Waals surface area contributed by atoms with Gasteiger partial charge in [0.2, 0.25) is 5.91 Å². The van der Waals surface area contributed by atoms with Gasteiger partial charge in [-0.3, -0.25) is 19.3 Å². The number of rotatable bonds is 4. The Morgan fingerprint density at radius 2 is 1.61 bits per heavy atom. The summed E-state index contributed by atoms with van der Waals surface area (Å²) in [5.41, 5.74) is 2.94. The molecule has 1 unspecified atom stereocenters. The van der Waals surface area contributed by atoms with Crippen molar-refractivity contribution in [3.8, 4) is 0 Å². The van der Waals surface area contributed by atoms with Gasteiger partial charge in [0.15, 0.2) is 0 Å². The van der Waals surface area contributed by atoms with E-state index in [9.17, 15) is 19.5 Å². The second kappa shape index (κ2) is 9.63. The summed E-state index contributed by atoms with van der Waals surface area (Å²) in [6.07, 6.45) is 0. The highest BCUT2D eigenvalue weighted by Crippen LogP contribution is 2.43. The van der Waals surface area contributed by atoms with Crippen molar-refractivity contribution in [3.63, 3.8) is 0 Å². The number of Topliss-reactive ketones (excluding diaryl/α,β-unsaturated/α-hetero) is 1. The summed E-state index contributed by atoms with van der Waals surface area (Å²) >= 11 is 6.00. The van der Waals surface area contributed by atoms with Crippen molar-refractivity contribution in [1.29, 1.82) is 0 Å². The van der Waals surface area contributed by atoms with Crippen molar-refractivity contribution in [2.75, 3.05) is 10.2 Å². The summed E-state index contributed by atoms with van der Waals surface area (Å²) in [7, 11) is 0. The van der Waals surface area contributed by atoms with E-state index in [2.05, 4.69) is 26.1 Å². The first kappa shape index (κ1) is 25.2. The van der Waals surface area contributed by atoms with E-state index in [4.69, 9.17) is 11.6 Å². The van der Waals surface area contributed by atoms with Gasteiger partial charge in [-0.15, -0.1) is 0 Å². The Morgan fingerprint density at radius 3 is 2.19 bits per heavy atom. The van der Waals surface area contributed by atoms with Crippen molar-refractivity contribution in [2.45, 2.75) is 39.2 Å². The predicted octanol–water partition coefficient (Wildman–Crippen LogP) is 6.22. The standard InChI is InChI=1S/C29H27ClN2O4/c1-17(33)31-22-6-5-7-23(16-22)32-25(18-8-12-20(13-9-18)29(2,3)4)24(27(35)28(32)36)26(34)19-10-14-21(30)15-11-19/h5-16,25,34H,1-4H3,(H,31,33)/b26-24+. The number of halogens is 1. The van der Waals surface area contributed by atoms with E-state index in [1.54, 1.807) is 48.5 Å². The molecule has 0 aromatic heterocycles. The van der Waals surface area contributed by atoms with Crippen molar-refractivity contribution >= 4 is 46.3 Å². The van der Waals surface area contributed by atoms with Crippen LogP contribution in [-0.2, 0) is 19.8 Å². The molecule has 0 saturated carbocycles. The zero-order valence-corrected chi connectivity index (χ0v) is 21.3. The van der Waals surface area contributed by atoms with Crippen LogP contribution in [-0.4, -0.2) is 22.7 Å². The van der Waals surface area contributed by atoms with Crippen LogP contribution in [0.1, 0.15) is 50.4 Å². The van der Waals surface area contributed by atoms with Gasteiger partial charge in [-0.1, -0.05) is 62.7 Å². The fourth-order valence-corrected chi connectivity index (χ4v) is 4.41. The molecule has 6 nitrogen and oxygen atoms in total. The first-order chi connectivity index (χ1) is 17.0. The number of carbonyl (C=O) groups excluding carboxylic acids is 3. The summed E-state index contributed by atoms with van der Waals surface area (Å²) in [4.78, 5) is 39.7. The van der Waals surface area contributed by atoms with E-state index >= 15 is 0 Å². The SMILES string of the molecule is CC(=O)Nc1cccc(N2C(=O)C(=O)/C(=C(/O)c3ccc(Cl)cc3)C2c2ccc(C(C)(C)C)cc2)c1. The van der Waals surface area contributed by atoms with E-state index in [1.807, 2.05) is 24.3 Å². The largest absolute Gasteiger partial charge is 0.507 e. The minimum absolute atomic E-state index is 0.0178. The van der Waals surface area contributed by atoms with Gasteiger partial charge in [-0.25, -0.2) is 0 Å². The van der Waals surface area contributed by atoms with Gasteiger partial charge >= 0.3 is 0 Å². The van der Waals surface area contributed by atoms with Crippen LogP contribution < -0.4 is 10.2 Å². The minimum atomic E-state index is -0.873. The van der Waals surface area contributed by atoms with E-state index in [-0.39, 0.29) is 22.7 Å². The smallest absolute Gasteiger partial charge is 0.300 e. The molecule has 1 heterocycles. The zero-order valence-electron chi connectivity index (χ0n) is 20.5. The summed E-state index contributed by atoms with van der Waals surface area (Å²) in [6.45, 7) is 7.69. The Balaban J connectivity index is 1.91. The lowest BCUT2D eigenvalue weighted by Crippen LogP contribution is -2.29. The number of nitrogens with zero attached hydrogens (tertiary/aromatic N) is 1. The molecule has 4 rings (SSSR count). The second-order valence-corrected chi connectivity index (χ2v) is 10.2. The van der Waals surface area contributed by atoms with Gasteiger partial charge < -0.3 is 10.4 Å². The Hall–Kier alpha value is -3.90. The molecule has 0 bridgehead atoms. The van der Waals surface area contributed by atoms with Gasteiger partial charge in [-0.05, 0) is 59.0 Å². The van der Waals surface area contributed by atoms with Crippen molar-refractivity contribution in [3.05, 3.63) is 100 Å². The lowest BCUT2D eigenvalue weighted by Gasteiger charge is -2.27. The number of hydrogen-bond donors (Lipinski definition) is 2. The van der Waals surface area contributed by atoms with E-state index in [0.717, 1.165) is 5.56 Å². The molecule has 2 N–H and O–H groups in total. The van der Waals surface area contributed by atoms with Crippen LogP contribution in [0.5, 0.6) is 0 Å². The van der Waals surface area contributed by atoms with Gasteiger partial charge in [-0.2, -0.15) is 0 Å². The fraction of sp³-hybridized carbons (Fsp3) is 0.207. The highest BCUT2D eigenvalue weighted by Gasteiger charge is 2.47. The number of amides is 2. The molecule has 0 spiro atoms. The molecule has 0 radical (unpaired) electrons. The van der Waals surface area contributed by atoms with Crippen LogP contribution in [0.25, 0.3) is 5.76 Å². The minimum Gasteiger partial charge on any atom is -0.507 e. The first-order valence-electron chi connectivity index (χ1n) is 11.5. The molecule has 1 aliphatic rings. The maximum absolute atomic E-state index is 13.4. The van der Waals surface area contributed by atoms with Gasteiger partial charge in [0.25, 0.3) is 11.7 Å². The summed E-state index contributed by atoms with van der Waals surface area (Å²) in [5.74, 6) is -2.10. The number of benzene rings is 3. The third-order valence-electron chi connectivity index (χ3n) is 6.10. The molecule has 3 aromatic carbocycles. The lowest BCUT2D eigenvalue weighted by molar-refractivity contribution is -0.132. The number of nitrogens with one attached hydrogen (secondary N) is 1. The molecule has 2 amide bonds. The summed E-state index contributed by atoms with van der Waals surface area (Å²) in [6, 6.07) is 19.9. The molecule has 1 fully saturated rings. The number of anilines is 2. The number of aliphatic hydroxyl groups is 1. The van der Waals surface area contributed by atoms with Crippen LogP contribution in [0, 0.1) is 0 Å². The van der Waals surface area contributed by atoms with E-state index < -0.39 is 17.7 Å². The summed E-state index contributed by atoms with van der Waals surface area (Å²) < 4.78 is 0. The Kier molecular flexibility index (Phi) is 6.74. The van der Waals surface area contributed by atoms with Crippen LogP contribution in [0.4, 0.5) is 11.4 Å². The average molecular weight is 503 g/mol. The zero-order chi connectivity index (χ0) is 26.2. The topological polar surface area (TPSA) is 86.7 Å². The van der Waals surface area contributed by atoms with Crippen LogP contribution in [0.15, 0.2) is 78.4 Å². The molecule has 1 saturated heterocycles. The third kappa shape index (κ3) is 4.90. The summed E-state index contributed by atoms with van der Waals surface area (Å²) in [5, 5.41) is 14.4. The monoisotopic (exact) mass is 502 g/mol. The molecular weight excluding hydrogens is 476 g/mol. The third-order valence-corrected chi connectivity index (χ3v) is 6.35. The molecule has 7 heteroatoms. The van der Waals surface area contributed by atoms with Crippen LogP contribution in [0.3, 0.4) is 0 Å². The first-order valence-corrected chi connectivity index (χ1v) is 11.9. The fourth-order valence-electron chi connectivity index (χ4n) is 4.28. The van der Waals surface area contributed by atoms with Crippen molar-refractivity contribution in [1.82, 2.24) is 0 Å². The highest BCUT2D eigenvalue weighted by atomic mass is 35.5. The highest BCUT2D eigenvalue weighted by molar-refractivity contribution is 6.51. The quantitative estimate of drug-likeness (QED) is 0.252. The van der Waals surface area contributed by atoms with Crippen molar-refractivity contribution < 1.29 is 19.5 Å². The Bertz CT molecular complexity index is 1370. The lowest BCUT2D eigenvalue weighted by atomic mass is 9.85. The van der Waals surface area contributed by atoms with Gasteiger partial charge in [0, 0.05) is 28.9 Å².